The van der Waals surface area contributed by atoms with Crippen LogP contribution < -0.4 is 0 Å². The van der Waals surface area contributed by atoms with Crippen molar-refractivity contribution in [1.82, 2.24) is 0 Å². The van der Waals surface area contributed by atoms with Crippen LogP contribution in [-0.4, -0.2) is 48.6 Å². The molecule has 0 heterocycles. The first kappa shape index (κ1) is 16.8. The van der Waals surface area contributed by atoms with Crippen LogP contribution in [0.1, 0.15) is 25.7 Å². The van der Waals surface area contributed by atoms with Crippen molar-refractivity contribution in [3.05, 3.63) is 0 Å². The molecule has 0 spiro atoms. The fourth-order valence-corrected chi connectivity index (χ4v) is 1.97. The van der Waals surface area contributed by atoms with Crippen molar-refractivity contribution in [3.8, 4) is 0 Å². The van der Waals surface area contributed by atoms with Crippen LogP contribution in [0.5, 0.6) is 0 Å². The Kier molecular flexibility index (Phi) is 8.12. The van der Waals surface area contributed by atoms with Crippen LogP contribution in [0.15, 0.2) is 0 Å². The monoisotopic (exact) mass is 292 g/mol. The van der Waals surface area contributed by atoms with Gasteiger partial charge in [-0.1, -0.05) is 0 Å². The molecule has 2 N–H and O–H groups in total. The topological polar surface area (TPSA) is 112 Å². The molecule has 1 fully saturated rings. The van der Waals surface area contributed by atoms with Crippen molar-refractivity contribution in [2.45, 2.75) is 25.7 Å². The Morgan fingerprint density at radius 1 is 0.800 bits per heavy atom. The van der Waals surface area contributed by atoms with E-state index in [0.29, 0.717) is 25.7 Å². The Balaban J connectivity index is 2.21. The van der Waals surface area contributed by atoms with Gasteiger partial charge in [-0.3, -0.25) is 9.78 Å². The van der Waals surface area contributed by atoms with Gasteiger partial charge < -0.3 is 10.2 Å². The van der Waals surface area contributed by atoms with Gasteiger partial charge in [0.2, 0.25) is 0 Å². The molecule has 1 saturated carbocycles. The number of hydrogen-bond donors (Lipinski definition) is 2. The maximum Gasteiger partial charge on any atom is 0.345 e. The minimum Gasteiger partial charge on any atom is -0.394 e. The number of rotatable bonds is 8. The molecule has 1 aliphatic rings. The number of hydrogen-bond acceptors (Lipinski definition) is 8. The summed E-state index contributed by atoms with van der Waals surface area (Å²) in [6.07, 6.45) is 2.00. The summed E-state index contributed by atoms with van der Waals surface area (Å²) in [5.74, 6) is -1.59. The molecule has 0 unspecified atom stereocenters. The Labute approximate surface area is 116 Å². The van der Waals surface area contributed by atoms with Crippen LogP contribution in [-0.2, 0) is 29.1 Å². The summed E-state index contributed by atoms with van der Waals surface area (Å²) >= 11 is 0. The Morgan fingerprint density at radius 2 is 1.15 bits per heavy atom. The molecule has 20 heavy (non-hydrogen) atoms. The molecule has 0 atom stereocenters. The SMILES string of the molecule is O=C(OOCCO)C1CCC(C(=O)OOCCO)CC1. The number of carbonyl (C=O) groups excluding carboxylic acids is 2. The molecule has 0 aliphatic heterocycles. The lowest BCUT2D eigenvalue weighted by Crippen LogP contribution is -2.28. The highest BCUT2D eigenvalue weighted by Gasteiger charge is 2.32. The van der Waals surface area contributed by atoms with Crippen molar-refractivity contribution in [1.29, 1.82) is 0 Å². The lowest BCUT2D eigenvalue weighted by molar-refractivity contribution is -0.282. The first-order chi connectivity index (χ1) is 9.69. The zero-order chi connectivity index (χ0) is 14.8. The van der Waals surface area contributed by atoms with Gasteiger partial charge >= 0.3 is 11.9 Å². The smallest absolute Gasteiger partial charge is 0.345 e. The summed E-state index contributed by atoms with van der Waals surface area (Å²) in [6, 6.07) is 0. The van der Waals surface area contributed by atoms with Crippen LogP contribution in [0.4, 0.5) is 0 Å². The molecule has 1 aliphatic carbocycles. The van der Waals surface area contributed by atoms with Gasteiger partial charge in [-0.2, -0.15) is 9.78 Å². The van der Waals surface area contributed by atoms with Crippen LogP contribution in [0, 0.1) is 11.8 Å². The first-order valence-corrected chi connectivity index (χ1v) is 6.57. The van der Waals surface area contributed by atoms with Crippen molar-refractivity contribution in [2.75, 3.05) is 26.4 Å². The fraction of sp³-hybridized carbons (Fsp3) is 0.833. The molecule has 0 amide bonds. The minimum atomic E-state index is -0.484. The summed E-state index contributed by atoms with van der Waals surface area (Å²) in [5, 5.41) is 17.0. The minimum absolute atomic E-state index is 0.0599. The lowest BCUT2D eigenvalue weighted by atomic mass is 9.82. The molecular weight excluding hydrogens is 272 g/mol. The average molecular weight is 292 g/mol. The third-order valence-corrected chi connectivity index (χ3v) is 3.03. The molecule has 0 bridgehead atoms. The maximum atomic E-state index is 11.6. The molecule has 0 saturated heterocycles. The van der Waals surface area contributed by atoms with Crippen molar-refractivity contribution < 1.29 is 39.4 Å². The zero-order valence-corrected chi connectivity index (χ0v) is 11.2. The standard InChI is InChI=1S/C12H20O8/c13-5-7-17-19-11(15)9-1-2-10(4-3-9)12(16)20-18-8-6-14/h9-10,13-14H,1-8H2. The third kappa shape index (κ3) is 5.83. The highest BCUT2D eigenvalue weighted by Crippen LogP contribution is 2.30. The molecule has 8 nitrogen and oxygen atoms in total. The van der Waals surface area contributed by atoms with E-state index in [4.69, 9.17) is 10.2 Å². The van der Waals surface area contributed by atoms with E-state index in [9.17, 15) is 9.59 Å². The largest absolute Gasteiger partial charge is 0.394 e. The second-order valence-corrected chi connectivity index (χ2v) is 4.44. The summed E-state index contributed by atoms with van der Waals surface area (Å²) in [4.78, 5) is 41.2. The van der Waals surface area contributed by atoms with E-state index in [0.717, 1.165) is 0 Å². The molecule has 0 radical (unpaired) electrons. The average Bonchev–Trinajstić information content (AvgIpc) is 2.47. The fourth-order valence-electron chi connectivity index (χ4n) is 1.97. The Morgan fingerprint density at radius 3 is 1.45 bits per heavy atom. The molecule has 1 rings (SSSR count). The molecule has 0 aromatic rings. The molecule has 0 aromatic heterocycles. The van der Waals surface area contributed by atoms with E-state index in [1.165, 1.54) is 0 Å². The van der Waals surface area contributed by atoms with Crippen molar-refractivity contribution >= 4 is 11.9 Å². The van der Waals surface area contributed by atoms with Crippen LogP contribution >= 0.6 is 0 Å². The summed E-state index contributed by atoms with van der Waals surface area (Å²) in [7, 11) is 0. The van der Waals surface area contributed by atoms with Gasteiger partial charge in [0.15, 0.2) is 0 Å². The second kappa shape index (κ2) is 9.65. The maximum absolute atomic E-state index is 11.6. The predicted molar refractivity (Wildman–Crippen MR) is 63.7 cm³/mol. The van der Waals surface area contributed by atoms with Gasteiger partial charge in [-0.05, 0) is 25.7 Å². The van der Waals surface area contributed by atoms with Gasteiger partial charge in [-0.25, -0.2) is 9.59 Å². The van der Waals surface area contributed by atoms with E-state index < -0.39 is 11.9 Å². The molecule has 0 aromatic carbocycles. The Hall–Kier alpha value is -1.22. The van der Waals surface area contributed by atoms with E-state index in [1.54, 1.807) is 0 Å². The highest BCUT2D eigenvalue weighted by molar-refractivity contribution is 5.74. The van der Waals surface area contributed by atoms with Gasteiger partial charge in [-0.15, -0.1) is 0 Å². The number of aliphatic hydroxyl groups excluding tert-OH is 2. The van der Waals surface area contributed by atoms with E-state index in [1.807, 2.05) is 0 Å². The zero-order valence-electron chi connectivity index (χ0n) is 11.2. The van der Waals surface area contributed by atoms with Crippen molar-refractivity contribution in [2.24, 2.45) is 11.8 Å². The van der Waals surface area contributed by atoms with E-state index in [-0.39, 0.29) is 38.3 Å². The van der Waals surface area contributed by atoms with Gasteiger partial charge in [0.05, 0.1) is 25.0 Å². The van der Waals surface area contributed by atoms with Crippen molar-refractivity contribution in [3.63, 3.8) is 0 Å². The van der Waals surface area contributed by atoms with Gasteiger partial charge in [0, 0.05) is 0 Å². The summed E-state index contributed by atoms with van der Waals surface area (Å²) in [5.41, 5.74) is 0. The lowest BCUT2D eigenvalue weighted by Gasteiger charge is -2.24. The molecular formula is C12H20O8. The molecule has 8 heteroatoms. The third-order valence-electron chi connectivity index (χ3n) is 3.03. The van der Waals surface area contributed by atoms with E-state index in [2.05, 4.69) is 19.6 Å². The molecule has 116 valence electrons. The predicted octanol–water partition coefficient (Wildman–Crippen LogP) is -0.273. The Bertz CT molecular complexity index is 268. The normalized spacial score (nSPS) is 22.3. The quantitative estimate of drug-likeness (QED) is 0.357. The number of carbonyl (C=O) groups is 2. The van der Waals surface area contributed by atoms with E-state index >= 15 is 0 Å². The number of aliphatic hydroxyl groups is 2. The van der Waals surface area contributed by atoms with Crippen LogP contribution in [0.25, 0.3) is 0 Å². The summed E-state index contributed by atoms with van der Waals surface area (Å²) < 4.78 is 0. The van der Waals surface area contributed by atoms with Crippen LogP contribution in [0.2, 0.25) is 0 Å². The highest BCUT2D eigenvalue weighted by atomic mass is 17.2. The first-order valence-electron chi connectivity index (χ1n) is 6.57. The summed E-state index contributed by atoms with van der Waals surface area (Å²) in [6.45, 7) is -0.565. The van der Waals surface area contributed by atoms with Crippen LogP contribution in [0.3, 0.4) is 0 Å². The second-order valence-electron chi connectivity index (χ2n) is 4.44. The van der Waals surface area contributed by atoms with Gasteiger partial charge in [0.1, 0.15) is 13.2 Å². The van der Waals surface area contributed by atoms with Gasteiger partial charge in [0.25, 0.3) is 0 Å².